The first-order chi connectivity index (χ1) is 14.9. The third kappa shape index (κ3) is 4.61. The van der Waals surface area contributed by atoms with E-state index < -0.39 is 0 Å². The molecule has 6 heteroatoms. The van der Waals surface area contributed by atoms with E-state index in [4.69, 9.17) is 9.47 Å². The van der Waals surface area contributed by atoms with Gasteiger partial charge in [-0.25, -0.2) is 4.68 Å². The minimum atomic E-state index is 0.0702. The largest absolute Gasteiger partial charge is 0.371 e. The molecule has 3 fully saturated rings. The molecule has 162 valence electrons. The summed E-state index contributed by atoms with van der Waals surface area (Å²) in [5.74, 6) is 0.781. The molecule has 2 aliphatic heterocycles. The van der Waals surface area contributed by atoms with E-state index in [1.807, 2.05) is 4.68 Å². The standard InChI is InChI=1S/C24H34N4O2/c1-3-8-18(9-4-1)12-7-13-25-21-16-29-24-22(17-30-23(21)24)28-15-20(26-27-28)14-19-10-5-2-6-11-19/h1,3-4,8-9,15,19,21-25H,2,5-7,10-14,16-17H2. The summed E-state index contributed by atoms with van der Waals surface area (Å²) >= 11 is 0. The van der Waals surface area contributed by atoms with Crippen LogP contribution in [-0.4, -0.2) is 53.0 Å². The van der Waals surface area contributed by atoms with E-state index in [9.17, 15) is 0 Å². The van der Waals surface area contributed by atoms with Crippen molar-refractivity contribution in [1.29, 1.82) is 0 Å². The Labute approximate surface area is 179 Å². The van der Waals surface area contributed by atoms with E-state index in [1.165, 1.54) is 37.7 Å². The number of nitrogens with zero attached hydrogens (tertiary/aromatic N) is 3. The number of nitrogens with one attached hydrogen (secondary N) is 1. The van der Waals surface area contributed by atoms with Gasteiger partial charge in [-0.15, -0.1) is 5.10 Å². The number of hydrogen-bond donors (Lipinski definition) is 1. The molecular formula is C24H34N4O2. The first-order valence-electron chi connectivity index (χ1n) is 11.8. The van der Waals surface area contributed by atoms with Gasteiger partial charge in [0.1, 0.15) is 18.2 Å². The fraction of sp³-hybridized carbons (Fsp3) is 0.667. The average molecular weight is 411 g/mol. The first kappa shape index (κ1) is 20.2. The Hall–Kier alpha value is -1.76. The molecule has 0 spiro atoms. The molecule has 1 saturated carbocycles. The van der Waals surface area contributed by atoms with Crippen molar-refractivity contribution < 1.29 is 9.47 Å². The molecular weight excluding hydrogens is 376 g/mol. The number of rotatable bonds is 8. The highest BCUT2D eigenvalue weighted by Gasteiger charge is 2.48. The summed E-state index contributed by atoms with van der Waals surface area (Å²) in [6, 6.07) is 11.1. The molecule has 30 heavy (non-hydrogen) atoms. The Morgan fingerprint density at radius 2 is 1.83 bits per heavy atom. The summed E-state index contributed by atoms with van der Waals surface area (Å²) in [6.45, 7) is 2.35. The van der Waals surface area contributed by atoms with Gasteiger partial charge in [0.2, 0.25) is 0 Å². The quantitative estimate of drug-likeness (QED) is 0.677. The van der Waals surface area contributed by atoms with E-state index in [2.05, 4.69) is 52.2 Å². The number of aromatic nitrogens is 3. The number of benzene rings is 1. The lowest BCUT2D eigenvalue weighted by molar-refractivity contribution is 0.0620. The molecule has 3 heterocycles. The van der Waals surface area contributed by atoms with Crippen LogP contribution in [-0.2, 0) is 22.3 Å². The van der Waals surface area contributed by atoms with Crippen molar-refractivity contribution >= 4 is 0 Å². The van der Waals surface area contributed by atoms with E-state index in [0.29, 0.717) is 13.2 Å². The molecule has 1 aromatic heterocycles. The molecule has 2 saturated heterocycles. The summed E-state index contributed by atoms with van der Waals surface area (Å²) in [5, 5.41) is 12.6. The van der Waals surface area contributed by atoms with Crippen LogP contribution < -0.4 is 5.32 Å². The van der Waals surface area contributed by atoms with Crippen LogP contribution in [0, 0.1) is 5.92 Å². The summed E-state index contributed by atoms with van der Waals surface area (Å²) in [6.07, 6.45) is 12.4. The molecule has 0 bridgehead atoms. The fourth-order valence-corrected chi connectivity index (χ4v) is 5.36. The summed E-state index contributed by atoms with van der Waals surface area (Å²) < 4.78 is 14.3. The number of aryl methyl sites for hydroxylation is 1. The van der Waals surface area contributed by atoms with Crippen molar-refractivity contribution in [1.82, 2.24) is 20.3 Å². The molecule has 4 atom stereocenters. The Bertz CT molecular complexity index is 790. The van der Waals surface area contributed by atoms with Gasteiger partial charge >= 0.3 is 0 Å². The summed E-state index contributed by atoms with van der Waals surface area (Å²) in [7, 11) is 0. The number of ether oxygens (including phenoxy) is 2. The summed E-state index contributed by atoms with van der Waals surface area (Å²) in [4.78, 5) is 0. The lowest BCUT2D eigenvalue weighted by Gasteiger charge is -2.20. The van der Waals surface area contributed by atoms with Crippen molar-refractivity contribution in [3.8, 4) is 0 Å². The molecule has 1 N–H and O–H groups in total. The Kier molecular flexibility index (Phi) is 6.44. The highest BCUT2D eigenvalue weighted by molar-refractivity contribution is 5.14. The molecule has 1 aliphatic carbocycles. The van der Waals surface area contributed by atoms with E-state index >= 15 is 0 Å². The second-order valence-electron chi connectivity index (χ2n) is 9.21. The van der Waals surface area contributed by atoms with Gasteiger partial charge in [0, 0.05) is 6.20 Å². The highest BCUT2D eigenvalue weighted by atomic mass is 16.6. The Morgan fingerprint density at radius 1 is 1.00 bits per heavy atom. The van der Waals surface area contributed by atoms with Crippen LogP contribution in [0.25, 0.3) is 0 Å². The Balaban J connectivity index is 1.10. The zero-order valence-electron chi connectivity index (χ0n) is 17.8. The molecule has 0 radical (unpaired) electrons. The van der Waals surface area contributed by atoms with Crippen molar-refractivity contribution in [3.05, 3.63) is 47.8 Å². The normalized spacial score (nSPS) is 29.3. The SMILES string of the molecule is c1ccc(CCCNC2COC3C2OCC3n2cc(CC3CCCCC3)nn2)cc1. The van der Waals surface area contributed by atoms with Gasteiger partial charge in [-0.2, -0.15) is 0 Å². The van der Waals surface area contributed by atoms with Crippen molar-refractivity contribution in [2.45, 2.75) is 75.7 Å². The van der Waals surface area contributed by atoms with E-state index in [0.717, 1.165) is 37.4 Å². The van der Waals surface area contributed by atoms with Gasteiger partial charge in [0.15, 0.2) is 0 Å². The maximum absolute atomic E-state index is 6.15. The third-order valence-corrected chi connectivity index (χ3v) is 7.04. The zero-order chi connectivity index (χ0) is 20.2. The maximum Gasteiger partial charge on any atom is 0.110 e. The second-order valence-corrected chi connectivity index (χ2v) is 9.21. The zero-order valence-corrected chi connectivity index (χ0v) is 17.8. The van der Waals surface area contributed by atoms with E-state index in [1.54, 1.807) is 0 Å². The maximum atomic E-state index is 6.15. The third-order valence-electron chi connectivity index (χ3n) is 7.04. The predicted octanol–water partition coefficient (Wildman–Crippen LogP) is 3.33. The first-order valence-corrected chi connectivity index (χ1v) is 11.8. The van der Waals surface area contributed by atoms with Crippen LogP contribution in [0.5, 0.6) is 0 Å². The number of hydrogen-bond acceptors (Lipinski definition) is 5. The van der Waals surface area contributed by atoms with Gasteiger partial charge in [-0.3, -0.25) is 0 Å². The minimum absolute atomic E-state index is 0.0702. The van der Waals surface area contributed by atoms with Crippen molar-refractivity contribution in [2.75, 3.05) is 19.8 Å². The topological polar surface area (TPSA) is 61.2 Å². The molecule has 1 aromatic carbocycles. The lowest BCUT2D eigenvalue weighted by atomic mass is 9.86. The molecule has 5 rings (SSSR count). The van der Waals surface area contributed by atoms with Gasteiger partial charge in [-0.05, 0) is 37.3 Å². The minimum Gasteiger partial charge on any atom is -0.371 e. The van der Waals surface area contributed by atoms with Crippen LogP contribution in [0.15, 0.2) is 36.5 Å². The average Bonchev–Trinajstić information content (AvgIpc) is 3.50. The molecule has 3 aliphatic rings. The molecule has 2 aromatic rings. The van der Waals surface area contributed by atoms with Crippen molar-refractivity contribution in [2.24, 2.45) is 5.92 Å². The monoisotopic (exact) mass is 410 g/mol. The fourth-order valence-electron chi connectivity index (χ4n) is 5.36. The molecule has 0 amide bonds. The second kappa shape index (κ2) is 9.58. The smallest absolute Gasteiger partial charge is 0.110 e. The van der Waals surface area contributed by atoms with Crippen LogP contribution in [0.3, 0.4) is 0 Å². The molecule has 6 nitrogen and oxygen atoms in total. The molecule has 4 unspecified atom stereocenters. The summed E-state index contributed by atoms with van der Waals surface area (Å²) in [5.41, 5.74) is 2.52. The van der Waals surface area contributed by atoms with E-state index in [-0.39, 0.29) is 24.3 Å². The van der Waals surface area contributed by atoms with Crippen LogP contribution >= 0.6 is 0 Å². The van der Waals surface area contributed by atoms with Crippen molar-refractivity contribution in [3.63, 3.8) is 0 Å². The van der Waals surface area contributed by atoms with Crippen LogP contribution in [0.1, 0.15) is 55.8 Å². The Morgan fingerprint density at radius 3 is 2.70 bits per heavy atom. The van der Waals surface area contributed by atoms with Crippen LogP contribution in [0.2, 0.25) is 0 Å². The predicted molar refractivity (Wildman–Crippen MR) is 115 cm³/mol. The van der Waals surface area contributed by atoms with Gasteiger partial charge in [0.25, 0.3) is 0 Å². The van der Waals surface area contributed by atoms with Gasteiger partial charge in [0.05, 0.1) is 24.9 Å². The van der Waals surface area contributed by atoms with Crippen LogP contribution in [0.4, 0.5) is 0 Å². The van der Waals surface area contributed by atoms with Gasteiger partial charge in [-0.1, -0.05) is 67.6 Å². The number of fused-ring (bicyclic) bond motifs is 1. The lowest BCUT2D eigenvalue weighted by Crippen LogP contribution is -2.41. The highest BCUT2D eigenvalue weighted by Crippen LogP contribution is 2.34. The van der Waals surface area contributed by atoms with Gasteiger partial charge < -0.3 is 14.8 Å².